The van der Waals surface area contributed by atoms with Gasteiger partial charge in [-0.25, -0.2) is 0 Å². The fourth-order valence-electron chi connectivity index (χ4n) is 1.06. The monoisotopic (exact) mass is 207 g/mol. The van der Waals surface area contributed by atoms with Crippen LogP contribution in [0.4, 0.5) is 13.2 Å². The van der Waals surface area contributed by atoms with Crippen molar-refractivity contribution in [3.63, 3.8) is 0 Å². The number of hydrogen-bond donors (Lipinski definition) is 0. The number of halogens is 3. The average Bonchev–Trinajstić information content (AvgIpc) is 2.85. The van der Waals surface area contributed by atoms with E-state index in [0.717, 1.165) is 19.3 Å². The average molecular weight is 207 g/mol. The van der Waals surface area contributed by atoms with Gasteiger partial charge in [-0.05, 0) is 12.3 Å². The minimum Gasteiger partial charge on any atom is -0.380 e. The van der Waals surface area contributed by atoms with E-state index in [-0.39, 0.29) is 0 Å². The van der Waals surface area contributed by atoms with Crippen molar-refractivity contribution in [1.82, 2.24) is 0 Å². The molecule has 1 saturated carbocycles. The molecule has 1 unspecified atom stereocenters. The molecule has 1 fully saturated rings. The van der Waals surface area contributed by atoms with Gasteiger partial charge in [0.25, 0.3) is 0 Å². The Labute approximate surface area is 80.7 Å². The molecule has 1 atom stereocenters. The summed E-state index contributed by atoms with van der Waals surface area (Å²) < 4.78 is 40.9. The largest absolute Gasteiger partial charge is 0.406 e. The van der Waals surface area contributed by atoms with E-state index >= 15 is 0 Å². The summed E-state index contributed by atoms with van der Waals surface area (Å²) in [4.78, 5) is 0. The van der Waals surface area contributed by atoms with E-state index in [0.29, 0.717) is 12.5 Å². The Morgan fingerprint density at radius 3 is 2.50 bits per heavy atom. The minimum atomic E-state index is -4.46. The van der Waals surface area contributed by atoms with Crippen molar-refractivity contribution in [2.75, 3.05) is 13.2 Å². The molecular weight excluding hydrogens is 195 g/mol. The topological polar surface area (TPSA) is 33.0 Å². The molecule has 80 valence electrons. The van der Waals surface area contributed by atoms with E-state index in [2.05, 4.69) is 0 Å². The summed E-state index contributed by atoms with van der Waals surface area (Å²) in [6, 6.07) is 1.20. The van der Waals surface area contributed by atoms with Gasteiger partial charge in [0, 0.05) is 6.61 Å². The predicted octanol–water partition coefficient (Wildman–Crippen LogP) is 2.51. The molecule has 0 aromatic rings. The van der Waals surface area contributed by atoms with Gasteiger partial charge in [-0.15, -0.1) is 0 Å². The second kappa shape index (κ2) is 4.65. The molecule has 0 radical (unpaired) electrons. The summed E-state index contributed by atoms with van der Waals surface area (Å²) in [6.07, 6.45) is -1.33. The molecule has 2 nitrogen and oxygen atoms in total. The second-order valence-corrected chi connectivity index (χ2v) is 3.53. The number of rotatable bonds is 5. The fourth-order valence-corrected chi connectivity index (χ4v) is 1.06. The third kappa shape index (κ3) is 3.97. The molecule has 0 heterocycles. The molecule has 1 aliphatic rings. The number of nitriles is 1. The summed E-state index contributed by atoms with van der Waals surface area (Å²) in [5.74, 6) is -1.34. The summed E-state index contributed by atoms with van der Waals surface area (Å²) in [5, 5.41) is 8.23. The van der Waals surface area contributed by atoms with E-state index < -0.39 is 18.7 Å². The normalized spacial score (nSPS) is 19.0. The first-order chi connectivity index (χ1) is 6.54. The van der Waals surface area contributed by atoms with Crippen LogP contribution in [0.25, 0.3) is 0 Å². The zero-order valence-electron chi connectivity index (χ0n) is 7.68. The summed E-state index contributed by atoms with van der Waals surface area (Å²) in [5.41, 5.74) is 0. The fraction of sp³-hybridized carbons (Fsp3) is 0.889. The Balaban J connectivity index is 2.11. The van der Waals surface area contributed by atoms with Crippen LogP contribution in [0.3, 0.4) is 0 Å². The number of alkyl halides is 3. The van der Waals surface area contributed by atoms with Crippen molar-refractivity contribution in [2.45, 2.75) is 25.4 Å². The number of ether oxygens (including phenoxy) is 1. The SMILES string of the molecule is N#CC(COCCC1CC1)C(F)(F)F. The zero-order valence-corrected chi connectivity index (χ0v) is 7.68. The van der Waals surface area contributed by atoms with Crippen molar-refractivity contribution < 1.29 is 17.9 Å². The minimum absolute atomic E-state index is 0.332. The van der Waals surface area contributed by atoms with Crippen LogP contribution < -0.4 is 0 Å². The molecule has 0 saturated heterocycles. The molecule has 0 spiro atoms. The number of hydrogen-bond acceptors (Lipinski definition) is 2. The Kier molecular flexibility index (Phi) is 3.76. The van der Waals surface area contributed by atoms with Gasteiger partial charge in [-0.2, -0.15) is 18.4 Å². The molecule has 5 heteroatoms. The first kappa shape index (κ1) is 11.3. The second-order valence-electron chi connectivity index (χ2n) is 3.53. The standard InChI is InChI=1S/C9H12F3NO/c10-9(11,12)8(5-13)6-14-4-3-7-1-2-7/h7-8H,1-4,6H2. The van der Waals surface area contributed by atoms with Gasteiger partial charge in [0.05, 0.1) is 12.7 Å². The molecule has 0 aliphatic heterocycles. The maximum Gasteiger partial charge on any atom is 0.406 e. The molecule has 0 N–H and O–H groups in total. The Hall–Kier alpha value is -0.760. The van der Waals surface area contributed by atoms with Crippen molar-refractivity contribution in [3.05, 3.63) is 0 Å². The smallest absolute Gasteiger partial charge is 0.380 e. The van der Waals surface area contributed by atoms with Crippen LogP contribution in [-0.2, 0) is 4.74 Å². The van der Waals surface area contributed by atoms with Crippen molar-refractivity contribution >= 4 is 0 Å². The van der Waals surface area contributed by atoms with Crippen LogP contribution in [0.5, 0.6) is 0 Å². The number of nitrogens with zero attached hydrogens (tertiary/aromatic N) is 1. The maximum atomic E-state index is 12.0. The van der Waals surface area contributed by atoms with E-state index in [1.54, 1.807) is 0 Å². The van der Waals surface area contributed by atoms with Gasteiger partial charge < -0.3 is 4.74 Å². The molecule has 0 aromatic carbocycles. The van der Waals surface area contributed by atoms with Crippen LogP contribution in [-0.4, -0.2) is 19.4 Å². The van der Waals surface area contributed by atoms with E-state index in [4.69, 9.17) is 10.00 Å². The summed E-state index contributed by atoms with van der Waals surface area (Å²) >= 11 is 0. The van der Waals surface area contributed by atoms with E-state index in [1.165, 1.54) is 6.07 Å². The van der Waals surface area contributed by atoms with Crippen LogP contribution >= 0.6 is 0 Å². The lowest BCUT2D eigenvalue weighted by molar-refractivity contribution is -0.171. The highest BCUT2D eigenvalue weighted by atomic mass is 19.4. The van der Waals surface area contributed by atoms with E-state index in [1.807, 2.05) is 0 Å². The summed E-state index contributed by atoms with van der Waals surface area (Å²) in [7, 11) is 0. The van der Waals surface area contributed by atoms with Gasteiger partial charge in [0.15, 0.2) is 5.92 Å². The Morgan fingerprint density at radius 2 is 2.07 bits per heavy atom. The highest BCUT2D eigenvalue weighted by molar-refractivity contribution is 4.88. The molecule has 1 rings (SSSR count). The van der Waals surface area contributed by atoms with Crippen LogP contribution in [0.15, 0.2) is 0 Å². The molecule has 14 heavy (non-hydrogen) atoms. The Morgan fingerprint density at radius 1 is 1.43 bits per heavy atom. The van der Waals surface area contributed by atoms with Gasteiger partial charge >= 0.3 is 6.18 Å². The van der Waals surface area contributed by atoms with Gasteiger partial charge in [-0.1, -0.05) is 12.8 Å². The molecule has 0 bridgehead atoms. The highest BCUT2D eigenvalue weighted by Gasteiger charge is 2.40. The summed E-state index contributed by atoms with van der Waals surface area (Å²) in [6.45, 7) is -0.203. The first-order valence-electron chi connectivity index (χ1n) is 4.58. The van der Waals surface area contributed by atoms with Crippen LogP contribution in [0, 0.1) is 23.2 Å². The van der Waals surface area contributed by atoms with Crippen LogP contribution in [0.1, 0.15) is 19.3 Å². The van der Waals surface area contributed by atoms with Gasteiger partial charge in [0.2, 0.25) is 0 Å². The zero-order chi connectivity index (χ0) is 10.6. The highest BCUT2D eigenvalue weighted by Crippen LogP contribution is 2.32. The lowest BCUT2D eigenvalue weighted by Crippen LogP contribution is -2.26. The quantitative estimate of drug-likeness (QED) is 0.649. The lowest BCUT2D eigenvalue weighted by Gasteiger charge is -2.12. The van der Waals surface area contributed by atoms with Crippen LogP contribution in [0.2, 0.25) is 0 Å². The third-order valence-electron chi connectivity index (χ3n) is 2.20. The predicted molar refractivity (Wildman–Crippen MR) is 43.3 cm³/mol. The van der Waals surface area contributed by atoms with Crippen molar-refractivity contribution in [3.8, 4) is 6.07 Å². The van der Waals surface area contributed by atoms with Crippen molar-refractivity contribution in [1.29, 1.82) is 5.26 Å². The van der Waals surface area contributed by atoms with E-state index in [9.17, 15) is 13.2 Å². The first-order valence-corrected chi connectivity index (χ1v) is 4.58. The Bertz CT molecular complexity index is 217. The molecule has 0 amide bonds. The molecular formula is C9H12F3NO. The molecule has 0 aromatic heterocycles. The molecule has 1 aliphatic carbocycles. The van der Waals surface area contributed by atoms with Gasteiger partial charge in [0.1, 0.15) is 0 Å². The van der Waals surface area contributed by atoms with Crippen molar-refractivity contribution in [2.24, 2.45) is 11.8 Å². The maximum absolute atomic E-state index is 12.0. The lowest BCUT2D eigenvalue weighted by atomic mass is 10.2. The van der Waals surface area contributed by atoms with Gasteiger partial charge in [-0.3, -0.25) is 0 Å². The third-order valence-corrected chi connectivity index (χ3v) is 2.20.